The zero-order valence-corrected chi connectivity index (χ0v) is 10.4. The summed E-state index contributed by atoms with van der Waals surface area (Å²) in [5, 5.41) is 3.72. The maximum Gasteiger partial charge on any atom is 0.00672 e. The van der Waals surface area contributed by atoms with E-state index in [0.717, 1.165) is 12.0 Å². The fourth-order valence-electron chi connectivity index (χ4n) is 2.19. The first-order valence-corrected chi connectivity index (χ1v) is 6.28. The summed E-state index contributed by atoms with van der Waals surface area (Å²) < 4.78 is 0. The fraction of sp³-hybridized carbons (Fsp3) is 1.00. The first-order valence-electron chi connectivity index (χ1n) is 6.28. The SMILES string of the molecule is CCC(C)(C)CNC(C)C1CCCC1. The molecule has 84 valence electrons. The molecule has 0 spiro atoms. The number of hydrogen-bond donors (Lipinski definition) is 1. The molecule has 14 heavy (non-hydrogen) atoms. The van der Waals surface area contributed by atoms with Crippen LogP contribution in [0, 0.1) is 11.3 Å². The van der Waals surface area contributed by atoms with E-state index < -0.39 is 0 Å². The van der Waals surface area contributed by atoms with Crippen LogP contribution in [-0.2, 0) is 0 Å². The Morgan fingerprint density at radius 2 is 1.86 bits per heavy atom. The minimum atomic E-state index is 0.465. The van der Waals surface area contributed by atoms with Gasteiger partial charge in [0.1, 0.15) is 0 Å². The Bertz CT molecular complexity index is 157. The molecule has 0 radical (unpaired) electrons. The first kappa shape index (κ1) is 12.0. The van der Waals surface area contributed by atoms with Crippen LogP contribution >= 0.6 is 0 Å². The Kier molecular flexibility index (Phi) is 4.43. The van der Waals surface area contributed by atoms with E-state index in [0.29, 0.717) is 5.41 Å². The average Bonchev–Trinajstić information content (AvgIpc) is 2.67. The minimum absolute atomic E-state index is 0.465. The van der Waals surface area contributed by atoms with Gasteiger partial charge in [-0.15, -0.1) is 0 Å². The quantitative estimate of drug-likeness (QED) is 0.710. The standard InChI is InChI=1S/C13H27N/c1-5-13(3,4)10-14-11(2)12-8-6-7-9-12/h11-12,14H,5-10H2,1-4H3. The van der Waals surface area contributed by atoms with Crippen molar-refractivity contribution in [2.24, 2.45) is 11.3 Å². The summed E-state index contributed by atoms with van der Waals surface area (Å²) in [5.74, 6) is 0.947. The van der Waals surface area contributed by atoms with E-state index in [-0.39, 0.29) is 0 Å². The molecule has 1 saturated carbocycles. The zero-order chi connectivity index (χ0) is 10.6. The summed E-state index contributed by atoms with van der Waals surface area (Å²) in [6.45, 7) is 10.5. The summed E-state index contributed by atoms with van der Waals surface area (Å²) in [4.78, 5) is 0. The van der Waals surface area contributed by atoms with Crippen molar-refractivity contribution in [2.75, 3.05) is 6.54 Å². The summed E-state index contributed by atoms with van der Waals surface area (Å²) in [7, 11) is 0. The van der Waals surface area contributed by atoms with E-state index >= 15 is 0 Å². The monoisotopic (exact) mass is 197 g/mol. The van der Waals surface area contributed by atoms with Gasteiger partial charge in [-0.2, -0.15) is 0 Å². The molecule has 0 amide bonds. The number of nitrogens with one attached hydrogen (secondary N) is 1. The molecule has 0 aromatic rings. The van der Waals surface area contributed by atoms with E-state index in [1.807, 2.05) is 0 Å². The van der Waals surface area contributed by atoms with Crippen molar-refractivity contribution in [3.05, 3.63) is 0 Å². The van der Waals surface area contributed by atoms with E-state index in [2.05, 4.69) is 33.0 Å². The third-order valence-electron chi connectivity index (χ3n) is 3.97. The molecule has 0 bridgehead atoms. The van der Waals surface area contributed by atoms with E-state index in [9.17, 15) is 0 Å². The normalized spacial score (nSPS) is 21.4. The molecule has 0 saturated heterocycles. The van der Waals surface area contributed by atoms with Crippen LogP contribution < -0.4 is 5.32 Å². The average molecular weight is 197 g/mol. The molecule has 1 unspecified atom stereocenters. The second kappa shape index (κ2) is 5.16. The molecule has 0 aromatic heterocycles. The largest absolute Gasteiger partial charge is 0.313 e. The van der Waals surface area contributed by atoms with Gasteiger partial charge in [0.05, 0.1) is 0 Å². The van der Waals surface area contributed by atoms with E-state index in [1.54, 1.807) is 0 Å². The predicted octanol–water partition coefficient (Wildman–Crippen LogP) is 3.59. The highest BCUT2D eigenvalue weighted by atomic mass is 14.9. The van der Waals surface area contributed by atoms with Crippen molar-refractivity contribution in [1.82, 2.24) is 5.32 Å². The molecule has 1 N–H and O–H groups in total. The number of rotatable bonds is 5. The van der Waals surface area contributed by atoms with Crippen molar-refractivity contribution < 1.29 is 0 Å². The third kappa shape index (κ3) is 3.61. The summed E-state index contributed by atoms with van der Waals surface area (Å²) in [6.07, 6.45) is 7.06. The molecule has 0 aromatic carbocycles. The zero-order valence-electron chi connectivity index (χ0n) is 10.4. The Labute approximate surface area is 89.7 Å². The second-order valence-electron chi connectivity index (χ2n) is 5.73. The van der Waals surface area contributed by atoms with Crippen LogP contribution in [0.5, 0.6) is 0 Å². The van der Waals surface area contributed by atoms with Crippen LogP contribution in [0.25, 0.3) is 0 Å². The molecule has 1 aliphatic carbocycles. The molecular formula is C13H27N. The fourth-order valence-corrected chi connectivity index (χ4v) is 2.19. The highest BCUT2D eigenvalue weighted by Crippen LogP contribution is 2.28. The van der Waals surface area contributed by atoms with Crippen LogP contribution in [0.2, 0.25) is 0 Å². The lowest BCUT2D eigenvalue weighted by molar-refractivity contribution is 0.282. The summed E-state index contributed by atoms with van der Waals surface area (Å²) >= 11 is 0. The second-order valence-corrected chi connectivity index (χ2v) is 5.73. The van der Waals surface area contributed by atoms with Gasteiger partial charge in [-0.3, -0.25) is 0 Å². The molecule has 0 heterocycles. The van der Waals surface area contributed by atoms with Gasteiger partial charge < -0.3 is 5.32 Å². The van der Waals surface area contributed by atoms with Crippen molar-refractivity contribution in [3.63, 3.8) is 0 Å². The minimum Gasteiger partial charge on any atom is -0.313 e. The molecule has 1 aliphatic rings. The van der Waals surface area contributed by atoms with Crippen LogP contribution in [0.1, 0.15) is 59.8 Å². The van der Waals surface area contributed by atoms with Crippen LogP contribution in [0.3, 0.4) is 0 Å². The highest BCUT2D eigenvalue weighted by Gasteiger charge is 2.23. The molecule has 1 fully saturated rings. The Morgan fingerprint density at radius 1 is 1.29 bits per heavy atom. The Morgan fingerprint density at radius 3 is 2.36 bits per heavy atom. The van der Waals surface area contributed by atoms with Gasteiger partial charge in [-0.1, -0.05) is 33.6 Å². The topological polar surface area (TPSA) is 12.0 Å². The maximum absolute atomic E-state index is 3.72. The van der Waals surface area contributed by atoms with Gasteiger partial charge in [0, 0.05) is 12.6 Å². The van der Waals surface area contributed by atoms with Crippen LogP contribution in [0.15, 0.2) is 0 Å². The van der Waals surface area contributed by atoms with E-state index in [4.69, 9.17) is 0 Å². The Balaban J connectivity index is 2.23. The molecular weight excluding hydrogens is 170 g/mol. The lowest BCUT2D eigenvalue weighted by Crippen LogP contribution is -2.38. The lowest BCUT2D eigenvalue weighted by atomic mass is 9.89. The molecule has 1 heteroatoms. The van der Waals surface area contributed by atoms with Crippen molar-refractivity contribution >= 4 is 0 Å². The molecule has 1 nitrogen and oxygen atoms in total. The maximum atomic E-state index is 3.72. The lowest BCUT2D eigenvalue weighted by Gasteiger charge is -2.28. The molecule has 0 aliphatic heterocycles. The van der Waals surface area contributed by atoms with Gasteiger partial charge in [-0.05, 0) is 37.5 Å². The smallest absolute Gasteiger partial charge is 0.00672 e. The van der Waals surface area contributed by atoms with Gasteiger partial charge in [-0.25, -0.2) is 0 Å². The van der Waals surface area contributed by atoms with Gasteiger partial charge >= 0.3 is 0 Å². The predicted molar refractivity (Wildman–Crippen MR) is 63.5 cm³/mol. The van der Waals surface area contributed by atoms with E-state index in [1.165, 1.54) is 38.6 Å². The highest BCUT2D eigenvalue weighted by molar-refractivity contribution is 4.79. The van der Waals surface area contributed by atoms with Gasteiger partial charge in [0.2, 0.25) is 0 Å². The van der Waals surface area contributed by atoms with Crippen LogP contribution in [-0.4, -0.2) is 12.6 Å². The molecule has 1 rings (SSSR count). The number of hydrogen-bond acceptors (Lipinski definition) is 1. The molecule has 1 atom stereocenters. The van der Waals surface area contributed by atoms with Gasteiger partial charge in [0.25, 0.3) is 0 Å². The van der Waals surface area contributed by atoms with Crippen LogP contribution in [0.4, 0.5) is 0 Å². The van der Waals surface area contributed by atoms with Crippen molar-refractivity contribution in [2.45, 2.75) is 65.8 Å². The Hall–Kier alpha value is -0.0400. The summed E-state index contributed by atoms with van der Waals surface area (Å²) in [6, 6.07) is 0.725. The van der Waals surface area contributed by atoms with Gasteiger partial charge in [0.15, 0.2) is 0 Å². The third-order valence-corrected chi connectivity index (χ3v) is 3.97. The summed E-state index contributed by atoms with van der Waals surface area (Å²) in [5.41, 5.74) is 0.465. The van der Waals surface area contributed by atoms with Crippen molar-refractivity contribution in [1.29, 1.82) is 0 Å². The van der Waals surface area contributed by atoms with Crippen molar-refractivity contribution in [3.8, 4) is 0 Å². The first-order chi connectivity index (χ1) is 6.55.